The predicted octanol–water partition coefficient (Wildman–Crippen LogP) is 4.33. The second kappa shape index (κ2) is 8.96. The number of carbonyl (C=O) groups is 1. The quantitative estimate of drug-likeness (QED) is 0.481. The van der Waals surface area contributed by atoms with Gasteiger partial charge in [-0.05, 0) is 41.5 Å². The molecule has 154 valence electrons. The van der Waals surface area contributed by atoms with Crippen LogP contribution in [0.2, 0.25) is 5.02 Å². The molecule has 2 aromatic carbocycles. The first-order chi connectivity index (χ1) is 14.3. The number of amides is 1. The number of hydrogen-bond donors (Lipinski definition) is 1. The number of hydrazone groups is 1. The smallest absolute Gasteiger partial charge is 0.310 e. The number of carbonyl (C=O) groups excluding carboxylic acids is 1. The number of aromatic nitrogens is 1. The van der Waals surface area contributed by atoms with E-state index >= 15 is 0 Å². The molecule has 1 heterocycles. The molecule has 1 aromatic heterocycles. The summed E-state index contributed by atoms with van der Waals surface area (Å²) < 4.78 is 39.0. The Bertz CT molecular complexity index is 1140. The molecule has 0 atom stereocenters. The van der Waals surface area contributed by atoms with Gasteiger partial charge in [-0.3, -0.25) is 9.59 Å². The Hall–Kier alpha value is -3.39. The number of halogens is 4. The molecule has 0 fully saturated rings. The fourth-order valence-electron chi connectivity index (χ4n) is 2.63. The number of rotatable bonds is 5. The normalized spacial score (nSPS) is 11.6. The molecule has 0 spiro atoms. The summed E-state index contributed by atoms with van der Waals surface area (Å²) in [6.45, 7) is 0.189. The van der Waals surface area contributed by atoms with Crippen molar-refractivity contribution in [1.82, 2.24) is 9.99 Å². The van der Waals surface area contributed by atoms with Gasteiger partial charge in [-0.15, -0.1) is 0 Å². The third-order valence-electron chi connectivity index (χ3n) is 4.18. The molecule has 0 bridgehead atoms. The maximum absolute atomic E-state index is 12.6. The summed E-state index contributed by atoms with van der Waals surface area (Å²) in [4.78, 5) is 24.9. The highest BCUT2D eigenvalue weighted by atomic mass is 35.5. The van der Waals surface area contributed by atoms with E-state index in [1.54, 1.807) is 30.3 Å². The Morgan fingerprint density at radius 2 is 1.77 bits per heavy atom. The van der Waals surface area contributed by atoms with Gasteiger partial charge >= 0.3 is 6.18 Å². The van der Waals surface area contributed by atoms with Crippen molar-refractivity contribution in [2.45, 2.75) is 12.7 Å². The molecule has 5 nitrogen and oxygen atoms in total. The van der Waals surface area contributed by atoms with E-state index < -0.39 is 23.2 Å². The minimum Gasteiger partial charge on any atom is -0.310 e. The standard InChI is InChI=1S/C21H15ClF3N3O2/c22-18-6-2-1-4-15(18)13-28-11-3-5-17(20(28)30)19(29)27-26-12-14-7-9-16(10-8-14)21(23,24)25/h1-12H,13H2,(H,27,29)/b26-12-. The molecule has 1 amide bonds. The SMILES string of the molecule is O=C(N/N=C\c1ccc(C(F)(F)F)cc1)c1cccn(Cc2ccccc2Cl)c1=O. The van der Waals surface area contributed by atoms with Crippen molar-refractivity contribution in [3.05, 3.63) is 104 Å². The first kappa shape index (κ1) is 21.3. The van der Waals surface area contributed by atoms with Crippen LogP contribution in [0.15, 0.2) is 76.8 Å². The van der Waals surface area contributed by atoms with Crippen molar-refractivity contribution in [1.29, 1.82) is 0 Å². The van der Waals surface area contributed by atoms with Gasteiger partial charge < -0.3 is 4.57 Å². The Morgan fingerprint density at radius 1 is 1.07 bits per heavy atom. The van der Waals surface area contributed by atoms with Crippen LogP contribution in [0.5, 0.6) is 0 Å². The number of alkyl halides is 3. The van der Waals surface area contributed by atoms with Crippen molar-refractivity contribution in [2.75, 3.05) is 0 Å². The van der Waals surface area contributed by atoms with Gasteiger partial charge in [-0.2, -0.15) is 18.3 Å². The van der Waals surface area contributed by atoms with Crippen molar-refractivity contribution >= 4 is 23.7 Å². The average Bonchev–Trinajstić information content (AvgIpc) is 2.71. The van der Waals surface area contributed by atoms with E-state index in [0.717, 1.165) is 17.7 Å². The summed E-state index contributed by atoms with van der Waals surface area (Å²) in [5.41, 5.74) is 1.84. The molecule has 0 aliphatic rings. The van der Waals surface area contributed by atoms with Gasteiger partial charge in [0.05, 0.1) is 18.3 Å². The van der Waals surface area contributed by atoms with Crippen LogP contribution in [0.3, 0.4) is 0 Å². The average molecular weight is 434 g/mol. The van der Waals surface area contributed by atoms with Crippen LogP contribution in [0.4, 0.5) is 13.2 Å². The molecule has 30 heavy (non-hydrogen) atoms. The largest absolute Gasteiger partial charge is 0.416 e. The second-order valence-electron chi connectivity index (χ2n) is 6.27. The summed E-state index contributed by atoms with van der Waals surface area (Å²) >= 11 is 6.11. The van der Waals surface area contributed by atoms with Crippen molar-refractivity contribution in [2.24, 2.45) is 5.10 Å². The third kappa shape index (κ3) is 5.15. The molecular formula is C21H15ClF3N3O2. The van der Waals surface area contributed by atoms with Gasteiger partial charge in [0.2, 0.25) is 0 Å². The summed E-state index contributed by atoms with van der Waals surface area (Å²) in [5.74, 6) is -0.739. The fourth-order valence-corrected chi connectivity index (χ4v) is 2.82. The van der Waals surface area contributed by atoms with Gasteiger partial charge in [-0.1, -0.05) is 41.9 Å². The van der Waals surface area contributed by atoms with Gasteiger partial charge in [0.1, 0.15) is 5.56 Å². The summed E-state index contributed by atoms with van der Waals surface area (Å²) in [6.07, 6.45) is -1.71. The van der Waals surface area contributed by atoms with E-state index in [2.05, 4.69) is 10.5 Å². The first-order valence-electron chi connectivity index (χ1n) is 8.69. The van der Waals surface area contributed by atoms with Crippen molar-refractivity contribution in [3.63, 3.8) is 0 Å². The molecule has 0 aliphatic carbocycles. The van der Waals surface area contributed by atoms with Crippen molar-refractivity contribution in [3.8, 4) is 0 Å². The number of benzene rings is 2. The molecule has 0 saturated carbocycles. The third-order valence-corrected chi connectivity index (χ3v) is 4.55. The molecule has 0 radical (unpaired) electrons. The molecule has 0 saturated heterocycles. The lowest BCUT2D eigenvalue weighted by atomic mass is 10.1. The van der Waals surface area contributed by atoms with Gasteiger partial charge in [-0.25, -0.2) is 5.43 Å². The van der Waals surface area contributed by atoms with Gasteiger partial charge in [0.25, 0.3) is 11.5 Å². The number of nitrogens with zero attached hydrogens (tertiary/aromatic N) is 2. The van der Waals surface area contributed by atoms with E-state index in [-0.39, 0.29) is 12.1 Å². The molecule has 0 aliphatic heterocycles. The summed E-state index contributed by atoms with van der Waals surface area (Å²) in [5, 5.41) is 4.20. The van der Waals surface area contributed by atoms with E-state index in [1.165, 1.54) is 35.2 Å². The summed E-state index contributed by atoms with van der Waals surface area (Å²) in [6, 6.07) is 14.2. The van der Waals surface area contributed by atoms with E-state index in [0.29, 0.717) is 10.6 Å². The van der Waals surface area contributed by atoms with Crippen LogP contribution in [0, 0.1) is 0 Å². The highest BCUT2D eigenvalue weighted by Crippen LogP contribution is 2.28. The van der Waals surface area contributed by atoms with E-state index in [4.69, 9.17) is 11.6 Å². The zero-order valence-corrected chi connectivity index (χ0v) is 16.1. The van der Waals surface area contributed by atoms with Crippen LogP contribution < -0.4 is 11.0 Å². The highest BCUT2D eigenvalue weighted by Gasteiger charge is 2.29. The molecule has 9 heteroatoms. The zero-order chi connectivity index (χ0) is 21.7. The lowest BCUT2D eigenvalue weighted by Gasteiger charge is -2.09. The number of hydrogen-bond acceptors (Lipinski definition) is 3. The Morgan fingerprint density at radius 3 is 2.43 bits per heavy atom. The topological polar surface area (TPSA) is 63.5 Å². The second-order valence-corrected chi connectivity index (χ2v) is 6.67. The number of pyridine rings is 1. The zero-order valence-electron chi connectivity index (χ0n) is 15.4. The lowest BCUT2D eigenvalue weighted by Crippen LogP contribution is -2.31. The Labute approximate surface area is 174 Å². The minimum absolute atomic E-state index is 0.130. The van der Waals surface area contributed by atoms with Crippen molar-refractivity contribution < 1.29 is 18.0 Å². The van der Waals surface area contributed by atoms with Crippen LogP contribution in [-0.2, 0) is 12.7 Å². The monoisotopic (exact) mass is 433 g/mol. The van der Waals surface area contributed by atoms with Crippen LogP contribution in [-0.4, -0.2) is 16.7 Å². The highest BCUT2D eigenvalue weighted by molar-refractivity contribution is 6.31. The lowest BCUT2D eigenvalue weighted by molar-refractivity contribution is -0.137. The fraction of sp³-hybridized carbons (Fsp3) is 0.0952. The molecular weight excluding hydrogens is 419 g/mol. The van der Waals surface area contributed by atoms with Gasteiger partial charge in [0.15, 0.2) is 0 Å². The molecule has 3 aromatic rings. The predicted molar refractivity (Wildman–Crippen MR) is 108 cm³/mol. The van der Waals surface area contributed by atoms with Crippen LogP contribution in [0.1, 0.15) is 27.0 Å². The number of nitrogens with one attached hydrogen (secondary N) is 1. The molecule has 0 unspecified atom stereocenters. The molecule has 1 N–H and O–H groups in total. The van der Waals surface area contributed by atoms with Crippen LogP contribution >= 0.6 is 11.6 Å². The van der Waals surface area contributed by atoms with E-state index in [1.807, 2.05) is 0 Å². The van der Waals surface area contributed by atoms with E-state index in [9.17, 15) is 22.8 Å². The van der Waals surface area contributed by atoms with Crippen LogP contribution in [0.25, 0.3) is 0 Å². The maximum atomic E-state index is 12.6. The molecule has 3 rings (SSSR count). The van der Waals surface area contributed by atoms with Gasteiger partial charge in [0, 0.05) is 11.2 Å². The maximum Gasteiger partial charge on any atom is 0.416 e. The Balaban J connectivity index is 1.71. The minimum atomic E-state index is -4.43. The summed E-state index contributed by atoms with van der Waals surface area (Å²) in [7, 11) is 0. The Kier molecular flexibility index (Phi) is 6.37. The first-order valence-corrected chi connectivity index (χ1v) is 9.07.